The predicted octanol–water partition coefficient (Wildman–Crippen LogP) is 4.49. The van der Waals surface area contributed by atoms with Crippen LogP contribution in [0, 0.1) is 0 Å². The van der Waals surface area contributed by atoms with E-state index in [1.165, 1.54) is 18.7 Å². The van der Waals surface area contributed by atoms with E-state index in [9.17, 15) is 9.59 Å². The van der Waals surface area contributed by atoms with E-state index < -0.39 is 0 Å². The van der Waals surface area contributed by atoms with Crippen LogP contribution in [0.3, 0.4) is 0 Å². The summed E-state index contributed by atoms with van der Waals surface area (Å²) in [6.45, 7) is 3.53. The summed E-state index contributed by atoms with van der Waals surface area (Å²) in [7, 11) is 0. The van der Waals surface area contributed by atoms with Crippen molar-refractivity contribution < 1.29 is 9.59 Å². The molecule has 0 saturated heterocycles. The lowest BCUT2D eigenvalue weighted by molar-refractivity contribution is -0.114. The van der Waals surface area contributed by atoms with E-state index in [0.717, 1.165) is 27.9 Å². The number of fused-ring (bicyclic) bond motifs is 1. The quantitative estimate of drug-likeness (QED) is 0.619. The Kier molecular flexibility index (Phi) is 6.08. The first-order valence-corrected chi connectivity index (χ1v) is 9.72. The van der Waals surface area contributed by atoms with Gasteiger partial charge in [-0.3, -0.25) is 9.59 Å². The van der Waals surface area contributed by atoms with Gasteiger partial charge < -0.3 is 10.6 Å². The lowest BCUT2D eigenvalue weighted by Crippen LogP contribution is -2.14. The molecule has 0 saturated carbocycles. The number of carbonyl (C=O) groups excluding carboxylic acids is 2. The highest BCUT2D eigenvalue weighted by Crippen LogP contribution is 2.25. The van der Waals surface area contributed by atoms with Gasteiger partial charge in [-0.1, -0.05) is 43.0 Å². The van der Waals surface area contributed by atoms with Gasteiger partial charge in [0.25, 0.3) is 0 Å². The molecule has 27 heavy (non-hydrogen) atoms. The Balaban J connectivity index is 1.67. The van der Waals surface area contributed by atoms with Gasteiger partial charge >= 0.3 is 0 Å². The lowest BCUT2D eigenvalue weighted by Gasteiger charge is -2.10. The van der Waals surface area contributed by atoms with Gasteiger partial charge in [0.2, 0.25) is 11.8 Å². The molecule has 1 heterocycles. The number of pyridine rings is 1. The van der Waals surface area contributed by atoms with Gasteiger partial charge in [-0.2, -0.15) is 0 Å². The highest BCUT2D eigenvalue weighted by Gasteiger charge is 2.10. The van der Waals surface area contributed by atoms with Crippen LogP contribution in [0.15, 0.2) is 59.6 Å². The van der Waals surface area contributed by atoms with Gasteiger partial charge in [0.15, 0.2) is 0 Å². The Morgan fingerprint density at radius 3 is 2.48 bits per heavy atom. The predicted molar refractivity (Wildman–Crippen MR) is 111 cm³/mol. The van der Waals surface area contributed by atoms with Crippen LogP contribution >= 0.6 is 11.8 Å². The average molecular weight is 379 g/mol. The second-order valence-electron chi connectivity index (χ2n) is 6.10. The Hall–Kier alpha value is -2.86. The largest absolute Gasteiger partial charge is 0.326 e. The molecule has 0 aliphatic carbocycles. The van der Waals surface area contributed by atoms with Crippen LogP contribution in [0.2, 0.25) is 0 Å². The summed E-state index contributed by atoms with van der Waals surface area (Å²) in [5.74, 6) is 0.00314. The number of hydrogen-bond acceptors (Lipinski definition) is 4. The lowest BCUT2D eigenvalue weighted by atomic mass is 10.1. The molecule has 0 aliphatic rings. The molecule has 0 spiro atoms. The topological polar surface area (TPSA) is 71.1 Å². The second kappa shape index (κ2) is 8.68. The number of nitrogens with one attached hydrogen (secondary N) is 2. The van der Waals surface area contributed by atoms with Gasteiger partial charge in [0.1, 0.15) is 5.03 Å². The SMILES string of the molecule is CCc1cc2ccccc2nc1SCC(=O)Nc1cccc(NC(C)=O)c1. The number of aromatic nitrogens is 1. The molecule has 0 radical (unpaired) electrons. The minimum atomic E-state index is -0.150. The molecule has 0 bridgehead atoms. The van der Waals surface area contributed by atoms with E-state index in [2.05, 4.69) is 23.6 Å². The number of thioether (sulfide) groups is 1. The van der Waals surface area contributed by atoms with Crippen molar-refractivity contribution in [2.75, 3.05) is 16.4 Å². The smallest absolute Gasteiger partial charge is 0.234 e. The minimum absolute atomic E-state index is 0.114. The van der Waals surface area contributed by atoms with Crippen molar-refractivity contribution in [2.24, 2.45) is 0 Å². The minimum Gasteiger partial charge on any atom is -0.326 e. The van der Waals surface area contributed by atoms with E-state index in [4.69, 9.17) is 4.98 Å². The zero-order valence-corrected chi connectivity index (χ0v) is 16.1. The summed E-state index contributed by atoms with van der Waals surface area (Å²) in [4.78, 5) is 28.2. The van der Waals surface area contributed by atoms with Crippen molar-refractivity contribution in [3.05, 3.63) is 60.2 Å². The summed E-state index contributed by atoms with van der Waals surface area (Å²) in [6, 6.07) is 17.2. The molecule has 6 heteroatoms. The van der Waals surface area contributed by atoms with Gasteiger partial charge in [-0.25, -0.2) is 4.98 Å². The van der Waals surface area contributed by atoms with Gasteiger partial charge in [0, 0.05) is 23.7 Å². The van der Waals surface area contributed by atoms with Crippen molar-refractivity contribution in [3.63, 3.8) is 0 Å². The Morgan fingerprint density at radius 1 is 1.00 bits per heavy atom. The average Bonchev–Trinajstić information content (AvgIpc) is 2.65. The third kappa shape index (κ3) is 5.08. The molecule has 2 amide bonds. The number of anilines is 2. The van der Waals surface area contributed by atoms with Crippen molar-refractivity contribution in [2.45, 2.75) is 25.3 Å². The van der Waals surface area contributed by atoms with Gasteiger partial charge in [-0.15, -0.1) is 0 Å². The van der Waals surface area contributed by atoms with Crippen LogP contribution in [-0.2, 0) is 16.0 Å². The molecule has 0 fully saturated rings. The van der Waals surface area contributed by atoms with Crippen LogP contribution in [0.4, 0.5) is 11.4 Å². The number of para-hydroxylation sites is 1. The molecule has 0 atom stereocenters. The van der Waals surface area contributed by atoms with Crippen molar-refractivity contribution in [1.29, 1.82) is 0 Å². The summed E-state index contributed by atoms with van der Waals surface area (Å²) < 4.78 is 0. The molecule has 1 aromatic heterocycles. The van der Waals surface area contributed by atoms with Gasteiger partial charge in [0.05, 0.1) is 11.3 Å². The number of aryl methyl sites for hydroxylation is 1. The number of carbonyl (C=O) groups is 2. The first-order valence-electron chi connectivity index (χ1n) is 8.74. The van der Waals surface area contributed by atoms with Crippen molar-refractivity contribution in [3.8, 4) is 0 Å². The summed E-state index contributed by atoms with van der Waals surface area (Å²) in [5.41, 5.74) is 3.37. The maximum absolute atomic E-state index is 12.3. The Morgan fingerprint density at radius 2 is 1.74 bits per heavy atom. The Bertz CT molecular complexity index is 988. The fraction of sp³-hybridized carbons (Fsp3) is 0.190. The standard InChI is InChI=1S/C21H21N3O2S/c1-3-15-11-16-7-4-5-10-19(16)24-21(15)27-13-20(26)23-18-9-6-8-17(12-18)22-14(2)25/h4-12H,3,13H2,1-2H3,(H,22,25)(H,23,26). The van der Waals surface area contributed by atoms with Crippen LogP contribution in [0.5, 0.6) is 0 Å². The van der Waals surface area contributed by atoms with E-state index in [1.807, 2.05) is 24.3 Å². The molecule has 2 aromatic carbocycles. The van der Waals surface area contributed by atoms with Crippen LogP contribution in [0.1, 0.15) is 19.4 Å². The third-order valence-corrected chi connectivity index (χ3v) is 4.98. The highest BCUT2D eigenvalue weighted by atomic mass is 32.2. The summed E-state index contributed by atoms with van der Waals surface area (Å²) in [6.07, 6.45) is 0.862. The first kappa shape index (κ1) is 18.9. The maximum Gasteiger partial charge on any atom is 0.234 e. The number of rotatable bonds is 6. The Labute approximate surface area is 162 Å². The number of amides is 2. The van der Waals surface area contributed by atoms with Crippen molar-refractivity contribution >= 4 is 45.9 Å². The molecule has 5 nitrogen and oxygen atoms in total. The van der Waals surface area contributed by atoms with E-state index >= 15 is 0 Å². The third-order valence-electron chi connectivity index (χ3n) is 3.95. The monoisotopic (exact) mass is 379 g/mol. The molecular formula is C21H21N3O2S. The number of benzene rings is 2. The van der Waals surface area contributed by atoms with Crippen LogP contribution in [0.25, 0.3) is 10.9 Å². The fourth-order valence-electron chi connectivity index (χ4n) is 2.73. The van der Waals surface area contributed by atoms with Crippen LogP contribution in [-0.4, -0.2) is 22.6 Å². The molecule has 138 valence electrons. The zero-order valence-electron chi connectivity index (χ0n) is 15.3. The number of hydrogen-bond donors (Lipinski definition) is 2. The highest BCUT2D eigenvalue weighted by molar-refractivity contribution is 8.00. The summed E-state index contributed by atoms with van der Waals surface area (Å²) >= 11 is 1.44. The molecule has 3 aromatic rings. The fourth-order valence-corrected chi connectivity index (χ4v) is 3.62. The van der Waals surface area contributed by atoms with Crippen LogP contribution < -0.4 is 10.6 Å². The molecule has 0 unspecified atom stereocenters. The van der Waals surface area contributed by atoms with E-state index in [0.29, 0.717) is 11.4 Å². The molecular weight excluding hydrogens is 358 g/mol. The maximum atomic E-state index is 12.3. The van der Waals surface area contributed by atoms with Crippen molar-refractivity contribution in [1.82, 2.24) is 4.98 Å². The molecule has 3 rings (SSSR count). The normalized spacial score (nSPS) is 10.6. The van der Waals surface area contributed by atoms with E-state index in [-0.39, 0.29) is 17.6 Å². The number of nitrogens with zero attached hydrogens (tertiary/aromatic N) is 1. The second-order valence-corrected chi connectivity index (χ2v) is 7.06. The van der Waals surface area contributed by atoms with E-state index in [1.54, 1.807) is 24.3 Å². The van der Waals surface area contributed by atoms with Gasteiger partial charge in [-0.05, 0) is 42.3 Å². The molecule has 0 aliphatic heterocycles. The summed E-state index contributed by atoms with van der Waals surface area (Å²) in [5, 5.41) is 7.56. The molecule has 2 N–H and O–H groups in total. The first-order chi connectivity index (χ1) is 13.0. The zero-order chi connectivity index (χ0) is 19.2.